The Kier molecular flexibility index (Phi) is 4.17. The number of methoxy groups -OCH3 is 1. The first-order valence-corrected chi connectivity index (χ1v) is 7.42. The standard InChI is InChI=1S/C20H15NO3/c1-13-8-9-18-16(10-13)15(17(12-21)20(22)23-2)11-19(24-18)14-6-4-3-5-7-14/h3-11H,1-2H3. The Morgan fingerprint density at radius 3 is 2.58 bits per heavy atom. The van der Waals surface area contributed by atoms with Crippen molar-refractivity contribution in [2.45, 2.75) is 6.92 Å². The highest BCUT2D eigenvalue weighted by Gasteiger charge is 2.24. The number of fused-ring (bicyclic) bond motifs is 1. The second-order valence-corrected chi connectivity index (χ2v) is 5.37. The molecule has 0 amide bonds. The van der Waals surface area contributed by atoms with Crippen LogP contribution in [-0.2, 0) is 9.53 Å². The molecule has 0 unspecified atom stereocenters. The van der Waals surface area contributed by atoms with Crippen molar-refractivity contribution in [2.75, 3.05) is 7.11 Å². The summed E-state index contributed by atoms with van der Waals surface area (Å²) in [7, 11) is 1.26. The van der Waals surface area contributed by atoms with Gasteiger partial charge in [-0.2, -0.15) is 5.26 Å². The number of aryl methyl sites for hydroxylation is 1. The molecule has 0 atom stereocenters. The van der Waals surface area contributed by atoms with E-state index in [1.807, 2.05) is 61.5 Å². The average Bonchev–Trinajstić information content (AvgIpc) is 2.62. The van der Waals surface area contributed by atoms with Crippen molar-refractivity contribution in [1.29, 1.82) is 5.26 Å². The predicted molar refractivity (Wildman–Crippen MR) is 90.8 cm³/mol. The van der Waals surface area contributed by atoms with E-state index < -0.39 is 5.97 Å². The van der Waals surface area contributed by atoms with Gasteiger partial charge in [0.15, 0.2) is 0 Å². The zero-order chi connectivity index (χ0) is 17.1. The molecule has 0 N–H and O–H groups in total. The first-order valence-electron chi connectivity index (χ1n) is 7.42. The third-order valence-corrected chi connectivity index (χ3v) is 3.75. The summed E-state index contributed by atoms with van der Waals surface area (Å²) >= 11 is 0. The molecule has 24 heavy (non-hydrogen) atoms. The van der Waals surface area contributed by atoms with Crippen LogP contribution in [0.4, 0.5) is 0 Å². The highest BCUT2D eigenvalue weighted by atomic mass is 16.5. The Morgan fingerprint density at radius 1 is 1.17 bits per heavy atom. The van der Waals surface area contributed by atoms with Gasteiger partial charge in [0.25, 0.3) is 0 Å². The van der Waals surface area contributed by atoms with Crippen molar-refractivity contribution >= 4 is 17.3 Å². The fourth-order valence-electron chi connectivity index (χ4n) is 2.57. The summed E-state index contributed by atoms with van der Waals surface area (Å²) in [6.07, 6.45) is 1.71. The molecule has 3 rings (SSSR count). The van der Waals surface area contributed by atoms with E-state index in [0.717, 1.165) is 11.1 Å². The van der Waals surface area contributed by atoms with Crippen LogP contribution in [0.5, 0.6) is 5.75 Å². The van der Waals surface area contributed by atoms with Gasteiger partial charge in [-0.1, -0.05) is 42.0 Å². The maximum Gasteiger partial charge on any atom is 0.349 e. The normalized spacial score (nSPS) is 14.6. The van der Waals surface area contributed by atoms with Crippen LogP contribution in [0.25, 0.3) is 11.3 Å². The number of carbonyl (C=O) groups is 1. The Balaban J connectivity index is 2.26. The van der Waals surface area contributed by atoms with Crippen molar-refractivity contribution in [2.24, 2.45) is 0 Å². The lowest BCUT2D eigenvalue weighted by atomic mass is 9.94. The topological polar surface area (TPSA) is 59.3 Å². The fourth-order valence-corrected chi connectivity index (χ4v) is 2.57. The number of allylic oxidation sites excluding steroid dienone is 2. The van der Waals surface area contributed by atoms with Gasteiger partial charge in [0.1, 0.15) is 23.2 Å². The van der Waals surface area contributed by atoms with Gasteiger partial charge in [0.05, 0.1) is 7.11 Å². The molecule has 0 fully saturated rings. The number of rotatable bonds is 2. The molecule has 2 aromatic carbocycles. The van der Waals surface area contributed by atoms with Gasteiger partial charge in [-0.25, -0.2) is 4.79 Å². The highest BCUT2D eigenvalue weighted by molar-refractivity contribution is 6.06. The molecule has 0 radical (unpaired) electrons. The second-order valence-electron chi connectivity index (χ2n) is 5.37. The molecule has 1 aliphatic heterocycles. The van der Waals surface area contributed by atoms with E-state index in [0.29, 0.717) is 22.6 Å². The van der Waals surface area contributed by atoms with E-state index >= 15 is 0 Å². The molecule has 2 aromatic rings. The van der Waals surface area contributed by atoms with Gasteiger partial charge in [-0.15, -0.1) is 0 Å². The van der Waals surface area contributed by atoms with Gasteiger partial charge >= 0.3 is 5.97 Å². The molecule has 4 nitrogen and oxygen atoms in total. The summed E-state index contributed by atoms with van der Waals surface area (Å²) < 4.78 is 10.7. The molecule has 0 aliphatic carbocycles. The van der Waals surface area contributed by atoms with Crippen molar-refractivity contribution in [1.82, 2.24) is 0 Å². The summed E-state index contributed by atoms with van der Waals surface area (Å²) in [4.78, 5) is 12.0. The Hall–Kier alpha value is -3.32. The maximum absolute atomic E-state index is 12.0. The molecule has 0 saturated heterocycles. The molecule has 118 valence electrons. The van der Waals surface area contributed by atoms with Crippen LogP contribution in [0.1, 0.15) is 16.7 Å². The third kappa shape index (κ3) is 2.80. The monoisotopic (exact) mass is 317 g/mol. The molecule has 1 heterocycles. The quantitative estimate of drug-likeness (QED) is 0.479. The van der Waals surface area contributed by atoms with Crippen molar-refractivity contribution < 1.29 is 14.3 Å². The molecule has 4 heteroatoms. The lowest BCUT2D eigenvalue weighted by molar-refractivity contribution is -0.135. The number of nitriles is 1. The summed E-state index contributed by atoms with van der Waals surface area (Å²) in [6.45, 7) is 1.94. The number of hydrogen-bond acceptors (Lipinski definition) is 4. The lowest BCUT2D eigenvalue weighted by Crippen LogP contribution is -2.10. The van der Waals surface area contributed by atoms with Crippen molar-refractivity contribution in [3.63, 3.8) is 0 Å². The van der Waals surface area contributed by atoms with Gasteiger partial charge < -0.3 is 9.47 Å². The summed E-state index contributed by atoms with van der Waals surface area (Å²) in [5.74, 6) is 0.526. The van der Waals surface area contributed by atoms with Gasteiger partial charge in [-0.3, -0.25) is 0 Å². The molecule has 0 spiro atoms. The number of ether oxygens (including phenoxy) is 2. The highest BCUT2D eigenvalue weighted by Crippen LogP contribution is 2.39. The Labute approximate surface area is 140 Å². The van der Waals surface area contributed by atoms with Crippen LogP contribution in [0.3, 0.4) is 0 Å². The molecule has 1 aliphatic rings. The van der Waals surface area contributed by atoms with Crippen LogP contribution < -0.4 is 4.74 Å². The average molecular weight is 317 g/mol. The van der Waals surface area contributed by atoms with Crippen LogP contribution in [-0.4, -0.2) is 13.1 Å². The molecule has 0 saturated carbocycles. The smallest absolute Gasteiger partial charge is 0.349 e. The minimum Gasteiger partial charge on any atom is -0.465 e. The van der Waals surface area contributed by atoms with Crippen LogP contribution >= 0.6 is 0 Å². The predicted octanol–water partition coefficient (Wildman–Crippen LogP) is 3.88. The fraction of sp³-hybridized carbons (Fsp3) is 0.100. The number of esters is 1. The van der Waals surface area contributed by atoms with Crippen molar-refractivity contribution in [3.05, 3.63) is 76.9 Å². The van der Waals surface area contributed by atoms with Gasteiger partial charge in [0.2, 0.25) is 0 Å². The van der Waals surface area contributed by atoms with E-state index in [-0.39, 0.29) is 5.57 Å². The third-order valence-electron chi connectivity index (χ3n) is 3.75. The number of hydrogen-bond donors (Lipinski definition) is 0. The largest absolute Gasteiger partial charge is 0.465 e. The second kappa shape index (κ2) is 6.43. The summed E-state index contributed by atoms with van der Waals surface area (Å²) in [5, 5.41) is 9.45. The van der Waals surface area contributed by atoms with E-state index in [4.69, 9.17) is 9.47 Å². The van der Waals surface area contributed by atoms with Crippen LogP contribution in [0.15, 0.2) is 60.2 Å². The lowest BCUT2D eigenvalue weighted by Gasteiger charge is -2.21. The minimum atomic E-state index is -0.662. The first-order chi connectivity index (χ1) is 11.6. The zero-order valence-electron chi connectivity index (χ0n) is 13.4. The first kappa shape index (κ1) is 15.6. The van der Waals surface area contributed by atoms with Gasteiger partial charge in [-0.05, 0) is 25.1 Å². The summed E-state index contributed by atoms with van der Waals surface area (Å²) in [6, 6.07) is 17.2. The van der Waals surface area contributed by atoms with E-state index in [1.54, 1.807) is 6.08 Å². The Bertz CT molecular complexity index is 902. The van der Waals surface area contributed by atoms with E-state index in [1.165, 1.54) is 7.11 Å². The SMILES string of the molecule is COC(=O)C(C#N)=C1C=C(c2ccccc2)Oc2ccc(C)cc21. The van der Waals surface area contributed by atoms with Gasteiger partial charge in [0, 0.05) is 16.7 Å². The minimum absolute atomic E-state index is 0.0407. The van der Waals surface area contributed by atoms with Crippen LogP contribution in [0.2, 0.25) is 0 Å². The van der Waals surface area contributed by atoms with E-state index in [9.17, 15) is 10.1 Å². The van der Waals surface area contributed by atoms with E-state index in [2.05, 4.69) is 0 Å². The molecular weight excluding hydrogens is 302 g/mol. The number of carbonyl (C=O) groups excluding carboxylic acids is 1. The molecule has 0 bridgehead atoms. The molecule has 0 aromatic heterocycles. The van der Waals surface area contributed by atoms with Crippen molar-refractivity contribution in [3.8, 4) is 11.8 Å². The summed E-state index contributed by atoms with van der Waals surface area (Å²) in [5.41, 5.74) is 3.04. The Morgan fingerprint density at radius 2 is 1.92 bits per heavy atom. The zero-order valence-corrected chi connectivity index (χ0v) is 13.4. The maximum atomic E-state index is 12.0. The number of nitrogens with zero attached hydrogens (tertiary/aromatic N) is 1. The molecular formula is C20H15NO3. The van der Waals surface area contributed by atoms with Crippen LogP contribution in [0, 0.1) is 18.3 Å². The number of benzene rings is 2.